The fourth-order valence-corrected chi connectivity index (χ4v) is 6.67. The number of aliphatic hydroxyl groups excluding tert-OH is 1. The Morgan fingerprint density at radius 2 is 1.81 bits per heavy atom. The van der Waals surface area contributed by atoms with E-state index in [1.165, 1.54) is 5.56 Å². The normalized spacial score (nSPS) is 22.4. The van der Waals surface area contributed by atoms with E-state index in [4.69, 9.17) is 4.98 Å². The summed E-state index contributed by atoms with van der Waals surface area (Å²) in [5.41, 5.74) is 4.00. The van der Waals surface area contributed by atoms with E-state index in [0.717, 1.165) is 65.2 Å². The van der Waals surface area contributed by atoms with Crippen LogP contribution in [0.5, 0.6) is 0 Å². The molecule has 2 fully saturated rings. The number of carbonyl (C=O) groups is 1. The number of carbonyl (C=O) groups excluding carboxylic acids is 1. The largest absolute Gasteiger partial charge is 0.387 e. The quantitative estimate of drug-likeness (QED) is 0.313. The first-order valence-corrected chi connectivity index (χ1v) is 14.0. The zero-order valence-corrected chi connectivity index (χ0v) is 21.5. The Bertz CT molecular complexity index is 1320. The number of nitrogens with zero attached hydrogens (tertiary/aromatic N) is 2. The van der Waals surface area contributed by atoms with Gasteiger partial charge in [0.05, 0.1) is 16.3 Å². The van der Waals surface area contributed by atoms with Crippen molar-refractivity contribution >= 4 is 38.3 Å². The maximum Gasteiger partial charge on any atom is 0.247 e. The minimum absolute atomic E-state index is 0.0275. The van der Waals surface area contributed by atoms with Gasteiger partial charge in [-0.2, -0.15) is 0 Å². The minimum Gasteiger partial charge on any atom is -0.387 e. The minimum atomic E-state index is -0.485. The number of hydrogen-bond acceptors (Lipinski definition) is 6. The molecule has 0 spiro atoms. The summed E-state index contributed by atoms with van der Waals surface area (Å²) < 4.78 is 1.15. The molecule has 3 heterocycles. The number of aromatic nitrogens is 1. The number of para-hydroxylation sites is 1. The van der Waals surface area contributed by atoms with Crippen LogP contribution in [0.25, 0.3) is 10.2 Å². The number of aliphatic hydroxyl groups is 1. The number of amides is 1. The Morgan fingerprint density at radius 3 is 2.62 bits per heavy atom. The molecule has 2 aliphatic rings. The molecule has 1 aromatic heterocycles. The van der Waals surface area contributed by atoms with Gasteiger partial charge in [-0.05, 0) is 67.5 Å². The van der Waals surface area contributed by atoms with Crippen LogP contribution in [0.1, 0.15) is 42.9 Å². The van der Waals surface area contributed by atoms with E-state index < -0.39 is 6.10 Å². The first-order valence-electron chi connectivity index (χ1n) is 13.1. The van der Waals surface area contributed by atoms with E-state index in [9.17, 15) is 9.90 Å². The van der Waals surface area contributed by atoms with Crippen molar-refractivity contribution in [2.24, 2.45) is 0 Å². The second kappa shape index (κ2) is 10.6. The summed E-state index contributed by atoms with van der Waals surface area (Å²) in [6.45, 7) is 0.852. The molecular weight excluding hydrogens is 480 g/mol. The van der Waals surface area contributed by atoms with Crippen molar-refractivity contribution in [2.75, 3.05) is 16.8 Å². The third-order valence-corrected chi connectivity index (χ3v) is 8.66. The first-order chi connectivity index (χ1) is 18.1. The van der Waals surface area contributed by atoms with E-state index >= 15 is 0 Å². The highest BCUT2D eigenvalue weighted by Crippen LogP contribution is 2.33. The molecule has 2 saturated heterocycles. The highest BCUT2D eigenvalue weighted by molar-refractivity contribution is 7.22. The highest BCUT2D eigenvalue weighted by Gasteiger charge is 2.33. The van der Waals surface area contributed by atoms with Gasteiger partial charge in [0.2, 0.25) is 5.91 Å². The van der Waals surface area contributed by atoms with Crippen LogP contribution < -0.4 is 15.5 Å². The van der Waals surface area contributed by atoms with Crippen LogP contribution in [-0.4, -0.2) is 40.7 Å². The number of nitrogens with one attached hydrogen (secondary N) is 2. The molecule has 2 aliphatic heterocycles. The molecule has 4 aromatic rings. The maximum absolute atomic E-state index is 13.2. The lowest BCUT2D eigenvalue weighted by Crippen LogP contribution is -2.39. The number of thiazole rings is 1. The maximum atomic E-state index is 13.2. The third-order valence-electron chi connectivity index (χ3n) is 7.59. The summed E-state index contributed by atoms with van der Waals surface area (Å²) in [5.74, 6) is 0.0275. The van der Waals surface area contributed by atoms with Crippen LogP contribution in [0, 0.1) is 0 Å². The highest BCUT2D eigenvalue weighted by atomic mass is 32.1. The third kappa shape index (κ3) is 5.25. The lowest BCUT2D eigenvalue weighted by atomic mass is 10.0. The van der Waals surface area contributed by atoms with Crippen LogP contribution >= 0.6 is 11.3 Å². The fraction of sp³-hybridized carbons (Fsp3) is 0.333. The second-order valence-electron chi connectivity index (χ2n) is 10.1. The summed E-state index contributed by atoms with van der Waals surface area (Å²) in [6.07, 6.45) is 4.24. The predicted molar refractivity (Wildman–Crippen MR) is 150 cm³/mol. The molecule has 37 heavy (non-hydrogen) atoms. The average Bonchev–Trinajstić information content (AvgIpc) is 3.69. The lowest BCUT2D eigenvalue weighted by Gasteiger charge is -2.23. The van der Waals surface area contributed by atoms with Crippen molar-refractivity contribution < 1.29 is 9.90 Å². The topological polar surface area (TPSA) is 77.5 Å². The molecule has 1 unspecified atom stereocenters. The first kappa shape index (κ1) is 24.1. The summed E-state index contributed by atoms with van der Waals surface area (Å²) in [5, 5.41) is 18.4. The second-order valence-corrected chi connectivity index (χ2v) is 11.1. The van der Waals surface area contributed by atoms with Crippen LogP contribution in [0.2, 0.25) is 0 Å². The number of benzene rings is 3. The van der Waals surface area contributed by atoms with Gasteiger partial charge >= 0.3 is 0 Å². The molecule has 0 radical (unpaired) electrons. The molecular formula is C30H32N4O2S. The van der Waals surface area contributed by atoms with Gasteiger partial charge in [-0.25, -0.2) is 4.98 Å². The standard InChI is InChI=1S/C30H32N4O2S/c35-28(21-7-2-1-3-8-21)25-17-16-23(31-25)19-20-12-14-22(15-13-20)32-29(36)26-10-6-18-34(26)30-33-24-9-4-5-11-27(24)37-30/h1-5,7-9,11-15,23,25-26,28,31,35H,6,10,16-19H2,(H,32,36)/t23-,25+,26?,28+/m0/s1. The van der Waals surface area contributed by atoms with E-state index in [1.807, 2.05) is 60.7 Å². The van der Waals surface area contributed by atoms with Crippen molar-refractivity contribution in [3.63, 3.8) is 0 Å². The van der Waals surface area contributed by atoms with Crippen molar-refractivity contribution in [1.29, 1.82) is 0 Å². The monoisotopic (exact) mass is 512 g/mol. The van der Waals surface area contributed by atoms with Gasteiger partial charge in [0, 0.05) is 24.3 Å². The number of rotatable bonds is 7. The van der Waals surface area contributed by atoms with Crippen molar-refractivity contribution in [3.05, 3.63) is 90.0 Å². The Labute approximate surface area is 221 Å². The summed E-state index contributed by atoms with van der Waals surface area (Å²) in [7, 11) is 0. The molecule has 0 bridgehead atoms. The molecule has 0 saturated carbocycles. The average molecular weight is 513 g/mol. The molecule has 190 valence electrons. The summed E-state index contributed by atoms with van der Waals surface area (Å²) in [4.78, 5) is 20.1. The Balaban J connectivity index is 1.04. The van der Waals surface area contributed by atoms with Gasteiger partial charge in [0.25, 0.3) is 0 Å². The van der Waals surface area contributed by atoms with Gasteiger partial charge in [0.15, 0.2) is 5.13 Å². The number of fused-ring (bicyclic) bond motifs is 1. The van der Waals surface area contributed by atoms with E-state index in [0.29, 0.717) is 6.04 Å². The van der Waals surface area contributed by atoms with Gasteiger partial charge in [0.1, 0.15) is 6.04 Å². The molecule has 6 nitrogen and oxygen atoms in total. The van der Waals surface area contributed by atoms with Crippen LogP contribution in [0.3, 0.4) is 0 Å². The van der Waals surface area contributed by atoms with Crippen LogP contribution in [0.4, 0.5) is 10.8 Å². The lowest BCUT2D eigenvalue weighted by molar-refractivity contribution is -0.117. The van der Waals surface area contributed by atoms with E-state index in [2.05, 4.69) is 33.7 Å². The molecule has 3 N–H and O–H groups in total. The Hall–Kier alpha value is -3.26. The van der Waals surface area contributed by atoms with E-state index in [-0.39, 0.29) is 18.0 Å². The van der Waals surface area contributed by atoms with Crippen molar-refractivity contribution in [3.8, 4) is 0 Å². The molecule has 1 amide bonds. The Kier molecular flexibility index (Phi) is 6.91. The molecule has 4 atom stereocenters. The molecule has 0 aliphatic carbocycles. The molecule has 7 heteroatoms. The van der Waals surface area contributed by atoms with Crippen molar-refractivity contribution in [1.82, 2.24) is 10.3 Å². The summed E-state index contributed by atoms with van der Waals surface area (Å²) >= 11 is 1.65. The van der Waals surface area contributed by atoms with Gasteiger partial charge in [-0.1, -0.05) is 65.9 Å². The molecule has 6 rings (SSSR count). The van der Waals surface area contributed by atoms with E-state index in [1.54, 1.807) is 11.3 Å². The zero-order chi connectivity index (χ0) is 25.2. The number of anilines is 2. The summed E-state index contributed by atoms with van der Waals surface area (Å²) in [6, 6.07) is 26.4. The zero-order valence-electron chi connectivity index (χ0n) is 20.7. The van der Waals surface area contributed by atoms with Crippen LogP contribution in [0.15, 0.2) is 78.9 Å². The van der Waals surface area contributed by atoms with Gasteiger partial charge in [-0.3, -0.25) is 4.79 Å². The SMILES string of the molecule is O=C(Nc1ccc(C[C@@H]2CC[C@H]([C@H](O)c3ccccc3)N2)cc1)C1CCCN1c1nc2ccccc2s1. The molecule has 3 aromatic carbocycles. The fourth-order valence-electron chi connectivity index (χ4n) is 5.63. The van der Waals surface area contributed by atoms with Gasteiger partial charge in [-0.15, -0.1) is 0 Å². The Morgan fingerprint density at radius 1 is 1.03 bits per heavy atom. The predicted octanol–water partition coefficient (Wildman–Crippen LogP) is 5.30. The van der Waals surface area contributed by atoms with Crippen LogP contribution in [-0.2, 0) is 11.2 Å². The number of hydrogen-bond donors (Lipinski definition) is 3. The van der Waals surface area contributed by atoms with Crippen molar-refractivity contribution in [2.45, 2.75) is 56.3 Å². The smallest absolute Gasteiger partial charge is 0.247 e. The van der Waals surface area contributed by atoms with Gasteiger partial charge < -0.3 is 20.6 Å².